The van der Waals surface area contributed by atoms with Gasteiger partial charge in [0.25, 0.3) is 0 Å². The number of rotatable bonds is 7. The molecule has 0 aliphatic heterocycles. The van der Waals surface area contributed by atoms with Crippen molar-refractivity contribution < 1.29 is 8.42 Å². The summed E-state index contributed by atoms with van der Waals surface area (Å²) in [6.45, 7) is 3.91. The van der Waals surface area contributed by atoms with Gasteiger partial charge in [-0.25, -0.2) is 8.42 Å². The number of guanidine groups is 1. The van der Waals surface area contributed by atoms with Crippen molar-refractivity contribution in [2.24, 2.45) is 10.9 Å². The fraction of sp³-hybridized carbons (Fsp3) is 0.533. The first-order valence-corrected chi connectivity index (χ1v) is 9.96. The summed E-state index contributed by atoms with van der Waals surface area (Å²) in [5, 5.41) is 6.23. The van der Waals surface area contributed by atoms with Crippen molar-refractivity contribution in [2.45, 2.75) is 24.7 Å². The van der Waals surface area contributed by atoms with Gasteiger partial charge >= 0.3 is 0 Å². The monoisotopic (exact) mass is 515 g/mol. The predicted molar refractivity (Wildman–Crippen MR) is 108 cm³/mol. The van der Waals surface area contributed by atoms with Crippen LogP contribution in [0.2, 0.25) is 0 Å². The second-order valence-electron chi connectivity index (χ2n) is 5.36. The van der Waals surface area contributed by atoms with Crippen molar-refractivity contribution in [3.05, 3.63) is 28.7 Å². The molecule has 130 valence electrons. The maximum Gasteiger partial charge on any atom is 0.191 e. The van der Waals surface area contributed by atoms with E-state index in [0.717, 1.165) is 17.6 Å². The van der Waals surface area contributed by atoms with E-state index >= 15 is 0 Å². The number of nitrogens with one attached hydrogen (secondary N) is 2. The lowest BCUT2D eigenvalue weighted by molar-refractivity contribution is 0.594. The van der Waals surface area contributed by atoms with Crippen molar-refractivity contribution in [3.63, 3.8) is 0 Å². The van der Waals surface area contributed by atoms with Gasteiger partial charge in [0.15, 0.2) is 15.8 Å². The summed E-state index contributed by atoms with van der Waals surface area (Å²) < 4.78 is 25.4. The minimum Gasteiger partial charge on any atom is -0.357 e. The molecule has 0 amide bonds. The predicted octanol–water partition coefficient (Wildman–Crippen LogP) is 2.81. The van der Waals surface area contributed by atoms with E-state index in [1.165, 1.54) is 12.8 Å². The van der Waals surface area contributed by atoms with Crippen LogP contribution < -0.4 is 10.6 Å². The molecule has 0 saturated heterocycles. The third-order valence-electron chi connectivity index (χ3n) is 3.38. The zero-order chi connectivity index (χ0) is 16.0. The van der Waals surface area contributed by atoms with E-state index in [9.17, 15) is 8.42 Å². The SMILES string of the molecule is CCNC(=NCC1CC1)NCCS(=O)(=O)c1ccc(Br)cc1.I. The highest BCUT2D eigenvalue weighted by atomic mass is 127. The first kappa shape index (κ1) is 20.7. The van der Waals surface area contributed by atoms with E-state index in [-0.39, 0.29) is 29.7 Å². The summed E-state index contributed by atoms with van der Waals surface area (Å²) in [4.78, 5) is 4.82. The Balaban J connectivity index is 0.00000264. The van der Waals surface area contributed by atoms with E-state index in [4.69, 9.17) is 0 Å². The van der Waals surface area contributed by atoms with Crippen molar-refractivity contribution in [1.82, 2.24) is 10.6 Å². The maximum absolute atomic E-state index is 12.2. The minimum atomic E-state index is -3.27. The van der Waals surface area contributed by atoms with Gasteiger partial charge in [-0.05, 0) is 49.9 Å². The Bertz CT molecular complexity index is 616. The van der Waals surface area contributed by atoms with Gasteiger partial charge in [-0.3, -0.25) is 4.99 Å². The first-order chi connectivity index (χ1) is 10.5. The van der Waals surface area contributed by atoms with Gasteiger partial charge in [-0.2, -0.15) is 0 Å². The fourth-order valence-electron chi connectivity index (χ4n) is 1.93. The van der Waals surface area contributed by atoms with Crippen molar-refractivity contribution >= 4 is 55.7 Å². The number of halogens is 2. The number of hydrogen-bond donors (Lipinski definition) is 2. The smallest absolute Gasteiger partial charge is 0.191 e. The Morgan fingerprint density at radius 3 is 2.48 bits per heavy atom. The largest absolute Gasteiger partial charge is 0.357 e. The standard InChI is InChI=1S/C15H22BrN3O2S.HI/c1-2-17-15(19-11-12-3-4-12)18-9-10-22(20,21)14-7-5-13(16)6-8-14;/h5-8,12H,2-4,9-11H2,1H3,(H2,17,18,19);1H. The topological polar surface area (TPSA) is 70.6 Å². The Kier molecular flexibility index (Phi) is 8.84. The van der Waals surface area contributed by atoms with Gasteiger partial charge in [-0.15, -0.1) is 24.0 Å². The van der Waals surface area contributed by atoms with Crippen molar-refractivity contribution in [2.75, 3.05) is 25.4 Å². The van der Waals surface area contributed by atoms with Crippen LogP contribution in [0.3, 0.4) is 0 Å². The number of aliphatic imine (C=N–C) groups is 1. The molecule has 0 unspecified atom stereocenters. The molecule has 2 N–H and O–H groups in total. The molecule has 5 nitrogen and oxygen atoms in total. The number of nitrogens with zero attached hydrogens (tertiary/aromatic N) is 1. The molecule has 0 heterocycles. The lowest BCUT2D eigenvalue weighted by Crippen LogP contribution is -2.39. The van der Waals surface area contributed by atoms with Gasteiger partial charge in [0.05, 0.1) is 10.6 Å². The summed E-state index contributed by atoms with van der Waals surface area (Å²) in [6, 6.07) is 6.71. The highest BCUT2D eigenvalue weighted by molar-refractivity contribution is 14.0. The normalized spacial score (nSPS) is 15.0. The molecule has 8 heteroatoms. The second-order valence-corrected chi connectivity index (χ2v) is 8.39. The van der Waals surface area contributed by atoms with Crippen LogP contribution in [0.4, 0.5) is 0 Å². The van der Waals surface area contributed by atoms with Gasteiger partial charge in [0, 0.05) is 24.1 Å². The summed E-state index contributed by atoms with van der Waals surface area (Å²) in [6.07, 6.45) is 2.50. The van der Waals surface area contributed by atoms with Crippen LogP contribution >= 0.6 is 39.9 Å². The highest BCUT2D eigenvalue weighted by Crippen LogP contribution is 2.28. The quantitative estimate of drug-likeness (QED) is 0.333. The third-order valence-corrected chi connectivity index (χ3v) is 5.65. The lowest BCUT2D eigenvalue weighted by Gasteiger charge is -2.11. The Morgan fingerprint density at radius 1 is 1.26 bits per heavy atom. The van der Waals surface area contributed by atoms with E-state index < -0.39 is 9.84 Å². The van der Waals surface area contributed by atoms with Crippen LogP contribution in [-0.2, 0) is 9.84 Å². The Labute approximate surface area is 163 Å². The van der Waals surface area contributed by atoms with Gasteiger partial charge in [0.2, 0.25) is 0 Å². The zero-order valence-corrected chi connectivity index (χ0v) is 17.8. The number of benzene rings is 1. The summed E-state index contributed by atoms with van der Waals surface area (Å²) in [5.74, 6) is 1.45. The molecule has 23 heavy (non-hydrogen) atoms. The summed E-state index contributed by atoms with van der Waals surface area (Å²) in [5.41, 5.74) is 0. The Hall–Kier alpha value is -0.350. The average Bonchev–Trinajstić information content (AvgIpc) is 3.29. The molecule has 1 aromatic carbocycles. The van der Waals surface area contributed by atoms with Crippen LogP contribution in [0.1, 0.15) is 19.8 Å². The van der Waals surface area contributed by atoms with Crippen LogP contribution in [0, 0.1) is 5.92 Å². The van der Waals surface area contributed by atoms with E-state index in [2.05, 4.69) is 31.6 Å². The Morgan fingerprint density at radius 2 is 1.91 bits per heavy atom. The molecule has 0 spiro atoms. The molecule has 1 saturated carbocycles. The zero-order valence-electron chi connectivity index (χ0n) is 13.1. The number of sulfone groups is 1. The summed E-state index contributed by atoms with van der Waals surface area (Å²) >= 11 is 3.30. The third kappa shape index (κ3) is 7.38. The lowest BCUT2D eigenvalue weighted by atomic mass is 10.4. The van der Waals surface area contributed by atoms with Gasteiger partial charge < -0.3 is 10.6 Å². The molecular weight excluding hydrogens is 493 g/mol. The fourth-order valence-corrected chi connectivity index (χ4v) is 3.35. The molecule has 2 rings (SSSR count). The van der Waals surface area contributed by atoms with Crippen LogP contribution in [0.5, 0.6) is 0 Å². The van der Waals surface area contributed by atoms with Gasteiger partial charge in [0.1, 0.15) is 0 Å². The van der Waals surface area contributed by atoms with E-state index in [1.807, 2.05) is 6.92 Å². The molecule has 1 aliphatic rings. The molecule has 1 fully saturated rings. The van der Waals surface area contributed by atoms with Crippen molar-refractivity contribution in [3.8, 4) is 0 Å². The summed E-state index contributed by atoms with van der Waals surface area (Å²) in [7, 11) is -3.27. The number of hydrogen-bond acceptors (Lipinski definition) is 3. The van der Waals surface area contributed by atoms with Crippen LogP contribution in [-0.4, -0.2) is 39.8 Å². The molecule has 1 aliphatic carbocycles. The molecular formula is C15H23BrIN3O2S. The first-order valence-electron chi connectivity index (χ1n) is 7.52. The second kappa shape index (κ2) is 9.83. The molecule has 1 aromatic rings. The minimum absolute atomic E-state index is 0. The molecule has 0 aromatic heterocycles. The maximum atomic E-state index is 12.2. The highest BCUT2D eigenvalue weighted by Gasteiger charge is 2.20. The van der Waals surface area contributed by atoms with E-state index in [1.54, 1.807) is 24.3 Å². The average molecular weight is 516 g/mol. The van der Waals surface area contributed by atoms with Crippen molar-refractivity contribution in [1.29, 1.82) is 0 Å². The van der Waals surface area contributed by atoms with Gasteiger partial charge in [-0.1, -0.05) is 15.9 Å². The van der Waals surface area contributed by atoms with E-state index in [0.29, 0.717) is 23.3 Å². The molecule has 0 atom stereocenters. The van der Waals surface area contributed by atoms with Crippen LogP contribution in [0.25, 0.3) is 0 Å². The molecule has 0 radical (unpaired) electrons. The van der Waals surface area contributed by atoms with Crippen LogP contribution in [0.15, 0.2) is 38.6 Å². The molecule has 0 bridgehead atoms.